The molecule has 1 heterocycles. The molecule has 3 aromatic rings. The van der Waals surface area contributed by atoms with Crippen molar-refractivity contribution in [1.82, 2.24) is 4.90 Å². The zero-order chi connectivity index (χ0) is 19.7. The molecule has 1 N–H and O–H groups in total. The Kier molecular flexibility index (Phi) is 4.88. The molecule has 140 valence electrons. The monoisotopic (exact) mass is 390 g/mol. The van der Waals surface area contributed by atoms with Crippen molar-refractivity contribution in [1.29, 1.82) is 0 Å². The topological polar surface area (TPSA) is 49.4 Å². The summed E-state index contributed by atoms with van der Waals surface area (Å²) in [6, 6.07) is 22.0. The minimum Gasteiger partial charge on any atom is -0.324 e. The van der Waals surface area contributed by atoms with Crippen LogP contribution in [0.25, 0.3) is 0 Å². The molecular formula is C23H19ClN2O2. The van der Waals surface area contributed by atoms with Crippen LogP contribution in [0.1, 0.15) is 33.1 Å². The molecule has 0 fully saturated rings. The maximum absolute atomic E-state index is 13.4. The zero-order valence-corrected chi connectivity index (χ0v) is 16.1. The lowest BCUT2D eigenvalue weighted by Gasteiger charge is -2.30. The smallest absolute Gasteiger partial charge is 0.255 e. The van der Waals surface area contributed by atoms with E-state index < -0.39 is 6.04 Å². The molecule has 0 spiro atoms. The van der Waals surface area contributed by atoms with Crippen molar-refractivity contribution in [2.45, 2.75) is 13.0 Å². The molecule has 5 heteroatoms. The summed E-state index contributed by atoms with van der Waals surface area (Å²) in [6.07, 6.45) is 0. The second-order valence-corrected chi connectivity index (χ2v) is 7.33. The fourth-order valence-electron chi connectivity index (χ4n) is 3.52. The Morgan fingerprint density at radius 1 is 1.04 bits per heavy atom. The van der Waals surface area contributed by atoms with E-state index in [-0.39, 0.29) is 18.4 Å². The van der Waals surface area contributed by atoms with E-state index >= 15 is 0 Å². The van der Waals surface area contributed by atoms with E-state index in [0.29, 0.717) is 16.3 Å². The molecule has 0 aliphatic carbocycles. The number of halogens is 1. The van der Waals surface area contributed by atoms with Crippen molar-refractivity contribution in [3.05, 3.63) is 100 Å². The number of hydrogen-bond donors (Lipinski definition) is 1. The fraction of sp³-hybridized carbons (Fsp3) is 0.130. The number of aryl methyl sites for hydroxylation is 1. The molecule has 2 amide bonds. The predicted octanol–water partition coefficient (Wildman–Crippen LogP) is 4.83. The third-order valence-corrected chi connectivity index (χ3v) is 5.12. The first-order valence-electron chi connectivity index (χ1n) is 9.05. The number of nitrogens with one attached hydrogen (secondary N) is 1. The maximum atomic E-state index is 13.4. The zero-order valence-electron chi connectivity index (χ0n) is 15.4. The molecule has 0 radical (unpaired) electrons. The lowest BCUT2D eigenvalue weighted by atomic mass is 9.95. The van der Waals surface area contributed by atoms with E-state index in [1.165, 1.54) is 0 Å². The van der Waals surface area contributed by atoms with Gasteiger partial charge in [-0.1, -0.05) is 59.6 Å². The number of carbonyl (C=O) groups is 2. The molecule has 1 atom stereocenters. The van der Waals surface area contributed by atoms with Gasteiger partial charge in [0.2, 0.25) is 5.91 Å². The van der Waals surface area contributed by atoms with Gasteiger partial charge in [-0.05, 0) is 42.8 Å². The largest absolute Gasteiger partial charge is 0.324 e. The van der Waals surface area contributed by atoms with Gasteiger partial charge in [-0.3, -0.25) is 9.59 Å². The van der Waals surface area contributed by atoms with Gasteiger partial charge in [0.15, 0.2) is 0 Å². The summed E-state index contributed by atoms with van der Waals surface area (Å²) in [5, 5.41) is 3.46. The normalized spacial score (nSPS) is 16.1. The lowest BCUT2D eigenvalue weighted by Crippen LogP contribution is -2.39. The second kappa shape index (κ2) is 7.49. The number of anilines is 1. The van der Waals surface area contributed by atoms with Gasteiger partial charge in [0.1, 0.15) is 6.54 Å². The number of nitrogens with zero attached hydrogens (tertiary/aromatic N) is 1. The van der Waals surface area contributed by atoms with Gasteiger partial charge in [0, 0.05) is 21.8 Å². The minimum absolute atomic E-state index is 0.0431. The Labute approximate surface area is 168 Å². The molecule has 3 aromatic carbocycles. The first-order chi connectivity index (χ1) is 13.5. The average Bonchev–Trinajstić information content (AvgIpc) is 2.84. The van der Waals surface area contributed by atoms with E-state index in [1.54, 1.807) is 29.2 Å². The second-order valence-electron chi connectivity index (χ2n) is 6.89. The highest BCUT2D eigenvalue weighted by atomic mass is 35.5. The number of fused-ring (bicyclic) bond motifs is 1. The molecule has 0 aromatic heterocycles. The van der Waals surface area contributed by atoms with Crippen LogP contribution in [-0.4, -0.2) is 23.3 Å². The van der Waals surface area contributed by atoms with E-state index in [4.69, 9.17) is 11.6 Å². The van der Waals surface area contributed by atoms with Crippen LogP contribution in [0.3, 0.4) is 0 Å². The van der Waals surface area contributed by atoms with Crippen LogP contribution in [0.2, 0.25) is 5.02 Å². The highest BCUT2D eigenvalue weighted by Gasteiger charge is 2.34. The Bertz CT molecular complexity index is 1030. The van der Waals surface area contributed by atoms with Crippen LogP contribution in [0.15, 0.2) is 72.8 Å². The quantitative estimate of drug-likeness (QED) is 0.681. The molecule has 28 heavy (non-hydrogen) atoms. The summed E-state index contributed by atoms with van der Waals surface area (Å²) in [6.45, 7) is 1.93. The van der Waals surface area contributed by atoms with Gasteiger partial charge >= 0.3 is 0 Å². The van der Waals surface area contributed by atoms with Crippen molar-refractivity contribution < 1.29 is 9.59 Å². The minimum atomic E-state index is -0.428. The van der Waals surface area contributed by atoms with Crippen LogP contribution in [0, 0.1) is 6.92 Å². The van der Waals surface area contributed by atoms with Gasteiger partial charge in [0.25, 0.3) is 5.91 Å². The lowest BCUT2D eigenvalue weighted by molar-refractivity contribution is -0.117. The number of hydrogen-bond acceptors (Lipinski definition) is 2. The number of rotatable bonds is 2. The van der Waals surface area contributed by atoms with Gasteiger partial charge in [0.05, 0.1) is 6.04 Å². The molecule has 0 saturated carbocycles. The van der Waals surface area contributed by atoms with Gasteiger partial charge in [-0.15, -0.1) is 0 Å². The molecule has 1 aliphatic rings. The molecule has 0 bridgehead atoms. The van der Waals surface area contributed by atoms with Crippen molar-refractivity contribution in [3.8, 4) is 0 Å². The molecule has 4 rings (SSSR count). The Morgan fingerprint density at radius 3 is 2.46 bits per heavy atom. The molecule has 0 unspecified atom stereocenters. The summed E-state index contributed by atoms with van der Waals surface area (Å²) < 4.78 is 0. The summed E-state index contributed by atoms with van der Waals surface area (Å²) >= 11 is 6.26. The first kappa shape index (κ1) is 18.3. The van der Waals surface area contributed by atoms with Crippen LogP contribution in [-0.2, 0) is 4.79 Å². The highest BCUT2D eigenvalue weighted by molar-refractivity contribution is 6.30. The van der Waals surface area contributed by atoms with Gasteiger partial charge in [-0.25, -0.2) is 0 Å². The van der Waals surface area contributed by atoms with Gasteiger partial charge < -0.3 is 10.2 Å². The number of amides is 2. The molecule has 1 aliphatic heterocycles. The summed E-state index contributed by atoms with van der Waals surface area (Å²) in [4.78, 5) is 27.6. The van der Waals surface area contributed by atoms with Crippen molar-refractivity contribution in [3.63, 3.8) is 0 Å². The predicted molar refractivity (Wildman–Crippen MR) is 111 cm³/mol. The fourth-order valence-corrected chi connectivity index (χ4v) is 3.70. The van der Waals surface area contributed by atoms with Crippen LogP contribution in [0.5, 0.6) is 0 Å². The summed E-state index contributed by atoms with van der Waals surface area (Å²) in [5.41, 5.74) is 4.00. The Hall–Kier alpha value is -3.11. The van der Waals surface area contributed by atoms with Crippen LogP contribution < -0.4 is 5.32 Å². The number of carbonyl (C=O) groups excluding carboxylic acids is 2. The van der Waals surface area contributed by atoms with E-state index in [0.717, 1.165) is 16.7 Å². The van der Waals surface area contributed by atoms with Crippen LogP contribution >= 0.6 is 11.6 Å². The third-order valence-electron chi connectivity index (χ3n) is 4.88. The summed E-state index contributed by atoms with van der Waals surface area (Å²) in [5.74, 6) is -0.431. The summed E-state index contributed by atoms with van der Waals surface area (Å²) in [7, 11) is 0. The van der Waals surface area contributed by atoms with E-state index in [2.05, 4.69) is 5.32 Å². The molecular weight excluding hydrogens is 372 g/mol. The van der Waals surface area contributed by atoms with Crippen molar-refractivity contribution in [2.24, 2.45) is 0 Å². The Morgan fingerprint density at radius 2 is 1.75 bits per heavy atom. The van der Waals surface area contributed by atoms with E-state index in [1.807, 2.05) is 55.5 Å². The first-order valence-corrected chi connectivity index (χ1v) is 9.42. The molecule has 4 nitrogen and oxygen atoms in total. The Balaban J connectivity index is 1.88. The SMILES string of the molecule is Cc1ccc(C(=O)N2CC(=O)Nc3ccc(Cl)cc3[C@H]2c2ccccc2)cc1. The third kappa shape index (κ3) is 3.51. The van der Waals surface area contributed by atoms with Crippen molar-refractivity contribution >= 4 is 29.1 Å². The van der Waals surface area contributed by atoms with Gasteiger partial charge in [-0.2, -0.15) is 0 Å². The van der Waals surface area contributed by atoms with E-state index in [9.17, 15) is 9.59 Å². The standard InChI is InChI=1S/C23H19ClN2O2/c1-15-7-9-17(10-8-15)23(28)26-14-21(27)25-20-12-11-18(24)13-19(20)22(26)16-5-3-2-4-6-16/h2-13,22H,14H2,1H3,(H,25,27)/t22-/m1/s1. The maximum Gasteiger partial charge on any atom is 0.255 e. The van der Waals surface area contributed by atoms with Crippen molar-refractivity contribution in [2.75, 3.05) is 11.9 Å². The average molecular weight is 391 g/mol. The number of benzene rings is 3. The molecule has 0 saturated heterocycles. The highest BCUT2D eigenvalue weighted by Crippen LogP contribution is 2.37. The van der Waals surface area contributed by atoms with Crippen LogP contribution in [0.4, 0.5) is 5.69 Å².